The number of nitrogens with zero attached hydrogens (tertiary/aromatic N) is 4. The zero-order valence-corrected chi connectivity index (χ0v) is 25.6. The van der Waals surface area contributed by atoms with Gasteiger partial charge in [-0.1, -0.05) is 74.7 Å². The largest absolute Gasteiger partial charge is 0.493 e. The summed E-state index contributed by atoms with van der Waals surface area (Å²) >= 11 is 0. The summed E-state index contributed by atoms with van der Waals surface area (Å²) in [6.45, 7) is 6.37. The predicted octanol–water partition coefficient (Wildman–Crippen LogP) is 5.24. The number of carbonyl (C=O) groups is 1. The van der Waals surface area contributed by atoms with Gasteiger partial charge in [-0.3, -0.25) is 9.79 Å². The summed E-state index contributed by atoms with van der Waals surface area (Å²) in [7, 11) is 0. The van der Waals surface area contributed by atoms with Crippen LogP contribution >= 0.6 is 0 Å². The van der Waals surface area contributed by atoms with Crippen molar-refractivity contribution in [3.8, 4) is 22.6 Å². The van der Waals surface area contributed by atoms with Gasteiger partial charge in [-0.25, -0.2) is 4.68 Å². The molecule has 1 heterocycles. The Morgan fingerprint density at radius 3 is 2.35 bits per heavy atom. The lowest BCUT2D eigenvalue weighted by molar-refractivity contribution is -0.125. The van der Waals surface area contributed by atoms with Gasteiger partial charge in [-0.05, 0) is 56.1 Å². The van der Waals surface area contributed by atoms with Crippen molar-refractivity contribution < 1.29 is 14.3 Å². The molecular weight excluding hydrogens is 542 g/mol. The van der Waals surface area contributed by atoms with Gasteiger partial charge < -0.3 is 26.3 Å². The maximum absolute atomic E-state index is 13.3. The van der Waals surface area contributed by atoms with E-state index in [2.05, 4.69) is 34.5 Å². The topological polar surface area (TPSA) is 143 Å². The van der Waals surface area contributed by atoms with Crippen molar-refractivity contribution in [1.82, 2.24) is 20.3 Å². The van der Waals surface area contributed by atoms with Crippen molar-refractivity contribution >= 4 is 11.9 Å². The summed E-state index contributed by atoms with van der Waals surface area (Å²) in [6, 6.07) is 15.4. The highest BCUT2D eigenvalue weighted by Crippen LogP contribution is 2.36. The quantitative estimate of drug-likeness (QED) is 0.118. The first-order valence-corrected chi connectivity index (χ1v) is 15.6. The minimum absolute atomic E-state index is 0.0449. The average Bonchev–Trinajstić information content (AvgIpc) is 3.48. The highest BCUT2D eigenvalue weighted by atomic mass is 16.5. The molecule has 1 fully saturated rings. The van der Waals surface area contributed by atoms with Crippen molar-refractivity contribution in [2.45, 2.75) is 77.9 Å². The summed E-state index contributed by atoms with van der Waals surface area (Å²) < 4.78 is 14.0. The number of aromatic nitrogens is 3. The van der Waals surface area contributed by atoms with E-state index >= 15 is 0 Å². The molecule has 1 saturated carbocycles. The van der Waals surface area contributed by atoms with Crippen molar-refractivity contribution in [3.05, 3.63) is 60.4 Å². The number of nitrogens with two attached hydrogens (primary N) is 2. The zero-order chi connectivity index (χ0) is 30.4. The Hall–Kier alpha value is -4.08. The lowest BCUT2D eigenvalue weighted by Gasteiger charge is -2.23. The number of nitrogens with one attached hydrogen (secondary N) is 1. The Bertz CT molecular complexity index is 1310. The molecule has 1 aromatic heterocycles. The van der Waals surface area contributed by atoms with E-state index in [0.29, 0.717) is 50.1 Å². The Kier molecular flexibility index (Phi) is 12.2. The van der Waals surface area contributed by atoms with E-state index in [9.17, 15) is 4.79 Å². The van der Waals surface area contributed by atoms with E-state index < -0.39 is 6.04 Å². The summed E-state index contributed by atoms with van der Waals surface area (Å²) in [5, 5.41) is 11.8. The molecule has 0 spiro atoms. The van der Waals surface area contributed by atoms with Crippen LogP contribution in [0.5, 0.6) is 11.5 Å². The molecule has 0 bridgehead atoms. The maximum atomic E-state index is 13.3. The second kappa shape index (κ2) is 16.5. The standard InChI is InChI=1S/C33H47N7O3/c1-24(2)18-20-42-30-16-8-6-13-27(30)28-14-7-9-17-31(28)43-23-26-22-40(39-38-26)29(15-10-19-36-33(34)35)32(41)37-21-25-11-4-3-5-12-25/h6-9,13-14,16-17,22,24-25,29H,3-5,10-12,15,18-21,23H2,1-2H3,(H,37,41)(H4,34,35,36)/t29-/m1/s1. The average molecular weight is 590 g/mol. The van der Waals surface area contributed by atoms with Gasteiger partial charge in [-0.15, -0.1) is 5.10 Å². The molecule has 5 N–H and O–H groups in total. The van der Waals surface area contributed by atoms with Crippen molar-refractivity contribution in [2.24, 2.45) is 28.3 Å². The van der Waals surface area contributed by atoms with Crippen LogP contribution in [0.3, 0.4) is 0 Å². The Labute approximate surface area is 255 Å². The first-order valence-electron chi connectivity index (χ1n) is 15.6. The number of hydrogen-bond acceptors (Lipinski definition) is 6. The number of guanidine groups is 1. The molecule has 4 rings (SSSR count). The highest BCUT2D eigenvalue weighted by Gasteiger charge is 2.24. The van der Waals surface area contributed by atoms with Gasteiger partial charge in [-0.2, -0.15) is 0 Å². The fraction of sp³-hybridized carbons (Fsp3) is 0.515. The normalized spacial score (nSPS) is 14.3. The third-order valence-electron chi connectivity index (χ3n) is 7.79. The fourth-order valence-electron chi connectivity index (χ4n) is 5.35. The summed E-state index contributed by atoms with van der Waals surface area (Å²) in [5.74, 6) is 2.63. The molecule has 10 heteroatoms. The molecule has 0 aliphatic heterocycles. The molecule has 1 atom stereocenters. The molecule has 10 nitrogen and oxygen atoms in total. The van der Waals surface area contributed by atoms with Gasteiger partial charge in [0, 0.05) is 24.2 Å². The van der Waals surface area contributed by atoms with E-state index in [1.807, 2.05) is 48.5 Å². The van der Waals surface area contributed by atoms with E-state index in [-0.39, 0.29) is 18.5 Å². The van der Waals surface area contributed by atoms with E-state index in [4.69, 9.17) is 20.9 Å². The van der Waals surface area contributed by atoms with Gasteiger partial charge in [0.25, 0.3) is 0 Å². The van der Waals surface area contributed by atoms with E-state index in [1.54, 1.807) is 10.9 Å². The number of rotatable bonds is 16. The van der Waals surface area contributed by atoms with Gasteiger partial charge in [0.05, 0.1) is 12.8 Å². The lowest BCUT2D eigenvalue weighted by atomic mass is 9.89. The SMILES string of the molecule is CC(C)CCOc1ccccc1-c1ccccc1OCc1cn([C@H](CCCN=C(N)N)C(=O)NCC2CCCCC2)nn1. The number of hydrogen-bond donors (Lipinski definition) is 3. The first kappa shape index (κ1) is 31.8. The summed E-state index contributed by atoms with van der Waals surface area (Å²) in [5.41, 5.74) is 13.5. The highest BCUT2D eigenvalue weighted by molar-refractivity contribution is 5.80. The smallest absolute Gasteiger partial charge is 0.244 e. The van der Waals surface area contributed by atoms with Crippen LogP contribution in [-0.2, 0) is 11.4 Å². The second-order valence-corrected chi connectivity index (χ2v) is 11.7. The minimum atomic E-state index is -0.513. The Balaban J connectivity index is 1.43. The number of ether oxygens (including phenoxy) is 2. The van der Waals surface area contributed by atoms with Crippen LogP contribution in [0.1, 0.15) is 76.9 Å². The molecule has 1 aliphatic rings. The Morgan fingerprint density at radius 1 is 1.00 bits per heavy atom. The van der Waals surface area contributed by atoms with Crippen LogP contribution in [0.25, 0.3) is 11.1 Å². The van der Waals surface area contributed by atoms with Gasteiger partial charge in [0.15, 0.2) is 5.96 Å². The number of carbonyl (C=O) groups excluding carboxylic acids is 1. The third kappa shape index (κ3) is 10.0. The van der Waals surface area contributed by atoms with Crippen LogP contribution < -0.4 is 26.3 Å². The number of aliphatic imine (C=N–C) groups is 1. The van der Waals surface area contributed by atoms with E-state index in [1.165, 1.54) is 19.3 Å². The Morgan fingerprint density at radius 2 is 1.67 bits per heavy atom. The van der Waals surface area contributed by atoms with Crippen LogP contribution in [0.4, 0.5) is 0 Å². The van der Waals surface area contributed by atoms with Crippen LogP contribution in [0.15, 0.2) is 59.7 Å². The van der Waals surface area contributed by atoms with E-state index in [0.717, 1.165) is 41.9 Å². The third-order valence-corrected chi connectivity index (χ3v) is 7.79. The molecule has 2 aromatic carbocycles. The van der Waals surface area contributed by atoms with Crippen molar-refractivity contribution in [3.63, 3.8) is 0 Å². The predicted molar refractivity (Wildman–Crippen MR) is 170 cm³/mol. The number of para-hydroxylation sites is 2. The molecule has 1 aliphatic carbocycles. The first-order chi connectivity index (χ1) is 20.9. The molecule has 43 heavy (non-hydrogen) atoms. The molecule has 1 amide bonds. The van der Waals surface area contributed by atoms with Crippen LogP contribution in [-0.4, -0.2) is 46.6 Å². The van der Waals surface area contributed by atoms with Crippen LogP contribution in [0.2, 0.25) is 0 Å². The number of amides is 1. The second-order valence-electron chi connectivity index (χ2n) is 11.7. The maximum Gasteiger partial charge on any atom is 0.244 e. The molecule has 3 aromatic rings. The van der Waals surface area contributed by atoms with Crippen LogP contribution in [0, 0.1) is 11.8 Å². The van der Waals surface area contributed by atoms with Crippen molar-refractivity contribution in [2.75, 3.05) is 19.7 Å². The fourth-order valence-corrected chi connectivity index (χ4v) is 5.35. The molecule has 232 valence electrons. The van der Waals surface area contributed by atoms with Gasteiger partial charge >= 0.3 is 0 Å². The molecule has 0 unspecified atom stereocenters. The van der Waals surface area contributed by atoms with Gasteiger partial charge in [0.1, 0.15) is 29.8 Å². The zero-order valence-electron chi connectivity index (χ0n) is 25.6. The molecule has 0 radical (unpaired) electrons. The minimum Gasteiger partial charge on any atom is -0.493 e. The molecular formula is C33H47N7O3. The lowest BCUT2D eigenvalue weighted by Crippen LogP contribution is -2.36. The monoisotopic (exact) mass is 589 g/mol. The van der Waals surface area contributed by atoms with Crippen molar-refractivity contribution in [1.29, 1.82) is 0 Å². The summed E-state index contributed by atoms with van der Waals surface area (Å²) in [6.07, 6.45) is 10.0. The van der Waals surface area contributed by atoms with Gasteiger partial charge in [0.2, 0.25) is 5.91 Å². The summed E-state index contributed by atoms with van der Waals surface area (Å²) in [4.78, 5) is 17.4. The number of benzene rings is 2. The molecule has 0 saturated heterocycles.